The first-order valence-corrected chi connectivity index (χ1v) is 12.8. The summed E-state index contributed by atoms with van der Waals surface area (Å²) in [6.45, 7) is 0. The molecule has 1 aliphatic heterocycles. The van der Waals surface area contributed by atoms with Gasteiger partial charge in [-0.2, -0.15) is 8.42 Å². The van der Waals surface area contributed by atoms with Crippen molar-refractivity contribution in [3.8, 4) is 0 Å². The van der Waals surface area contributed by atoms with Gasteiger partial charge in [-0.25, -0.2) is 9.59 Å². The zero-order valence-electron chi connectivity index (χ0n) is 17.8. The van der Waals surface area contributed by atoms with E-state index in [9.17, 15) is 18.0 Å². The number of methoxy groups -OCH3 is 1. The molecule has 1 saturated heterocycles. The van der Waals surface area contributed by atoms with E-state index < -0.39 is 52.8 Å². The molecule has 0 radical (unpaired) electrons. The molecule has 0 amide bonds. The van der Waals surface area contributed by atoms with Gasteiger partial charge in [0.15, 0.2) is 18.5 Å². The lowest BCUT2D eigenvalue weighted by atomic mass is 9.99. The SMILES string of the molecule is COC1OC(CBr)C(OS(C)(=O)=O)C(OC(=O)c2ccccc2)C1OC(=O)c1ccccc1. The molecule has 1 aliphatic rings. The summed E-state index contributed by atoms with van der Waals surface area (Å²) in [6, 6.07) is 16.2. The fraction of sp³-hybridized carbons (Fsp3) is 0.364. The number of halogens is 1. The minimum atomic E-state index is -4.00. The van der Waals surface area contributed by atoms with Gasteiger partial charge in [-0.15, -0.1) is 0 Å². The number of hydrogen-bond donors (Lipinski definition) is 0. The third-order valence-electron chi connectivity index (χ3n) is 4.77. The summed E-state index contributed by atoms with van der Waals surface area (Å²) < 4.78 is 51.6. The number of esters is 2. The largest absolute Gasteiger partial charge is 0.452 e. The molecular weight excluding hydrogens is 520 g/mol. The van der Waals surface area contributed by atoms with Crippen LogP contribution in [0.5, 0.6) is 0 Å². The zero-order chi connectivity index (χ0) is 24.0. The van der Waals surface area contributed by atoms with E-state index in [0.717, 1.165) is 6.26 Å². The van der Waals surface area contributed by atoms with Crippen LogP contribution in [-0.4, -0.2) is 69.8 Å². The summed E-state index contributed by atoms with van der Waals surface area (Å²) in [5, 5.41) is 0.131. The molecule has 1 fully saturated rings. The Morgan fingerprint density at radius 1 is 0.879 bits per heavy atom. The molecule has 9 nitrogen and oxygen atoms in total. The first kappa shape index (κ1) is 25.3. The average Bonchev–Trinajstić information content (AvgIpc) is 2.81. The average molecular weight is 543 g/mol. The standard InChI is InChI=1S/C22H23BrO9S/c1-28-22-19(31-21(25)15-11-7-4-8-12-15)18(30-20(24)14-9-5-3-6-10-14)17(16(13-23)29-22)32-33(2,26)27/h3-12,16-19,22H,13H2,1-2H3. The molecular formula is C22H23BrO9S. The molecule has 0 aromatic heterocycles. The van der Waals surface area contributed by atoms with Crippen molar-refractivity contribution in [2.75, 3.05) is 18.7 Å². The second-order valence-corrected chi connectivity index (χ2v) is 9.42. The lowest BCUT2D eigenvalue weighted by Crippen LogP contribution is -2.62. The van der Waals surface area contributed by atoms with Gasteiger partial charge in [-0.1, -0.05) is 52.3 Å². The van der Waals surface area contributed by atoms with Crippen LogP contribution in [0.15, 0.2) is 60.7 Å². The Bertz CT molecular complexity index is 1050. The lowest BCUT2D eigenvalue weighted by molar-refractivity contribution is -0.278. The van der Waals surface area contributed by atoms with Gasteiger partial charge < -0.3 is 18.9 Å². The highest BCUT2D eigenvalue weighted by Crippen LogP contribution is 2.31. The van der Waals surface area contributed by atoms with E-state index in [1.165, 1.54) is 19.2 Å². The topological polar surface area (TPSA) is 114 Å². The van der Waals surface area contributed by atoms with Crippen molar-refractivity contribution in [3.05, 3.63) is 71.8 Å². The highest BCUT2D eigenvalue weighted by atomic mass is 79.9. The van der Waals surface area contributed by atoms with E-state index in [1.807, 2.05) is 0 Å². The Balaban J connectivity index is 1.98. The summed E-state index contributed by atoms with van der Waals surface area (Å²) in [4.78, 5) is 25.6. The van der Waals surface area contributed by atoms with E-state index >= 15 is 0 Å². The maximum atomic E-state index is 12.9. The second kappa shape index (κ2) is 11.2. The molecule has 33 heavy (non-hydrogen) atoms. The summed E-state index contributed by atoms with van der Waals surface area (Å²) in [5.74, 6) is -1.49. The Labute approximate surface area is 200 Å². The second-order valence-electron chi connectivity index (χ2n) is 7.17. The number of carbonyl (C=O) groups excluding carboxylic acids is 2. The Kier molecular flexibility index (Phi) is 8.60. The Morgan fingerprint density at radius 3 is 1.79 bits per heavy atom. The Morgan fingerprint density at radius 2 is 1.36 bits per heavy atom. The van der Waals surface area contributed by atoms with E-state index in [1.54, 1.807) is 48.5 Å². The van der Waals surface area contributed by atoms with Crippen LogP contribution in [0.25, 0.3) is 0 Å². The van der Waals surface area contributed by atoms with E-state index in [0.29, 0.717) is 0 Å². The third-order valence-corrected chi connectivity index (χ3v) is 5.98. The summed E-state index contributed by atoms with van der Waals surface area (Å²) >= 11 is 3.26. The normalized spacial score (nSPS) is 25.2. The molecule has 2 aromatic rings. The van der Waals surface area contributed by atoms with Crippen molar-refractivity contribution in [1.82, 2.24) is 0 Å². The third kappa shape index (κ3) is 6.61. The van der Waals surface area contributed by atoms with Crippen molar-refractivity contribution in [3.63, 3.8) is 0 Å². The van der Waals surface area contributed by atoms with Gasteiger partial charge in [0.2, 0.25) is 0 Å². The van der Waals surface area contributed by atoms with Crippen LogP contribution in [0.1, 0.15) is 20.7 Å². The summed E-state index contributed by atoms with van der Waals surface area (Å²) in [7, 11) is -2.68. The molecule has 3 rings (SSSR count). The van der Waals surface area contributed by atoms with Crippen LogP contribution in [0.3, 0.4) is 0 Å². The van der Waals surface area contributed by atoms with Gasteiger partial charge in [0.05, 0.1) is 17.4 Å². The smallest absolute Gasteiger partial charge is 0.338 e. The highest BCUT2D eigenvalue weighted by Gasteiger charge is 2.52. The van der Waals surface area contributed by atoms with Gasteiger partial charge >= 0.3 is 11.9 Å². The monoisotopic (exact) mass is 542 g/mol. The summed E-state index contributed by atoms with van der Waals surface area (Å²) in [5.41, 5.74) is 0.461. The van der Waals surface area contributed by atoms with Crippen molar-refractivity contribution < 1.29 is 41.1 Å². The molecule has 5 unspecified atom stereocenters. The number of benzene rings is 2. The minimum Gasteiger partial charge on any atom is -0.452 e. The van der Waals surface area contributed by atoms with Crippen LogP contribution in [0, 0.1) is 0 Å². The number of alkyl halides is 1. The van der Waals surface area contributed by atoms with Crippen molar-refractivity contribution in [2.24, 2.45) is 0 Å². The van der Waals surface area contributed by atoms with E-state index in [-0.39, 0.29) is 16.5 Å². The van der Waals surface area contributed by atoms with Gasteiger partial charge in [-0.05, 0) is 24.3 Å². The van der Waals surface area contributed by atoms with Crippen LogP contribution in [0.2, 0.25) is 0 Å². The predicted molar refractivity (Wildman–Crippen MR) is 120 cm³/mol. The molecule has 1 heterocycles. The van der Waals surface area contributed by atoms with Crippen LogP contribution in [-0.2, 0) is 33.2 Å². The predicted octanol–water partition coefficient (Wildman–Crippen LogP) is 2.55. The number of carbonyl (C=O) groups is 2. The molecule has 0 bridgehead atoms. The van der Waals surface area contributed by atoms with Crippen LogP contribution >= 0.6 is 15.9 Å². The first-order valence-electron chi connectivity index (χ1n) is 9.88. The zero-order valence-corrected chi connectivity index (χ0v) is 20.2. The number of rotatable bonds is 8. The van der Waals surface area contributed by atoms with Gasteiger partial charge in [0.25, 0.3) is 10.1 Å². The number of ether oxygens (including phenoxy) is 4. The fourth-order valence-electron chi connectivity index (χ4n) is 3.30. The lowest BCUT2D eigenvalue weighted by Gasteiger charge is -2.43. The molecule has 0 spiro atoms. The fourth-order valence-corrected chi connectivity index (χ4v) is 4.46. The van der Waals surface area contributed by atoms with Crippen molar-refractivity contribution >= 4 is 38.0 Å². The molecule has 178 valence electrons. The van der Waals surface area contributed by atoms with Crippen molar-refractivity contribution in [1.29, 1.82) is 0 Å². The quantitative estimate of drug-likeness (QED) is 0.282. The van der Waals surface area contributed by atoms with Gasteiger partial charge in [0.1, 0.15) is 12.2 Å². The highest BCUT2D eigenvalue weighted by molar-refractivity contribution is 9.09. The van der Waals surface area contributed by atoms with Crippen LogP contribution in [0.4, 0.5) is 0 Å². The minimum absolute atomic E-state index is 0.131. The van der Waals surface area contributed by atoms with Gasteiger partial charge in [0, 0.05) is 12.4 Å². The first-order chi connectivity index (χ1) is 15.7. The van der Waals surface area contributed by atoms with Gasteiger partial charge in [-0.3, -0.25) is 4.18 Å². The molecule has 0 aliphatic carbocycles. The maximum Gasteiger partial charge on any atom is 0.338 e. The molecule has 2 aromatic carbocycles. The molecule has 11 heteroatoms. The van der Waals surface area contributed by atoms with E-state index in [4.69, 9.17) is 23.1 Å². The number of hydrogen-bond acceptors (Lipinski definition) is 9. The summed E-state index contributed by atoms with van der Waals surface area (Å²) in [6.07, 6.45) is -5.19. The van der Waals surface area contributed by atoms with E-state index in [2.05, 4.69) is 15.9 Å². The van der Waals surface area contributed by atoms with Crippen LogP contribution < -0.4 is 0 Å². The maximum absolute atomic E-state index is 12.9. The molecule has 5 atom stereocenters. The Hall–Kier alpha value is -2.31. The molecule has 0 saturated carbocycles. The molecule has 0 N–H and O–H groups in total. The van der Waals surface area contributed by atoms with Crippen molar-refractivity contribution in [2.45, 2.75) is 30.7 Å².